The molecule has 0 aliphatic rings. The first-order chi connectivity index (χ1) is 12.4. The van der Waals surface area contributed by atoms with E-state index in [1.54, 1.807) is 12.1 Å². The first-order valence-electron chi connectivity index (χ1n) is 8.62. The number of benzene rings is 2. The van der Waals surface area contributed by atoms with Gasteiger partial charge in [0.1, 0.15) is 0 Å². The number of hydrogen-bond acceptors (Lipinski definition) is 4. The Labute approximate surface area is 158 Å². The molecule has 0 bridgehead atoms. The normalized spacial score (nSPS) is 10.8. The number of hydrogen-bond donors (Lipinski definition) is 1. The zero-order chi connectivity index (χ0) is 19.1. The minimum Gasteiger partial charge on any atom is -0.348 e. The van der Waals surface area contributed by atoms with Crippen molar-refractivity contribution in [1.29, 1.82) is 0 Å². The maximum absolute atomic E-state index is 12.3. The quantitative estimate of drug-likeness (QED) is 0.403. The average Bonchev–Trinajstić information content (AvgIpc) is 2.60. The molecule has 0 saturated heterocycles. The molecule has 0 aliphatic carbocycles. The van der Waals surface area contributed by atoms with Crippen LogP contribution in [0, 0.1) is 23.0 Å². The summed E-state index contributed by atoms with van der Waals surface area (Å²) in [5.74, 6) is 1.05. The number of nitro benzene ring substituents is 1. The van der Waals surface area contributed by atoms with Crippen LogP contribution in [0.4, 0.5) is 5.69 Å². The fourth-order valence-electron chi connectivity index (χ4n) is 2.32. The van der Waals surface area contributed by atoms with E-state index in [2.05, 4.69) is 19.2 Å². The molecule has 0 aliphatic heterocycles. The number of amides is 1. The average molecular weight is 372 g/mol. The minimum absolute atomic E-state index is 0.0123. The molecule has 2 rings (SSSR count). The highest BCUT2D eigenvalue weighted by atomic mass is 32.2. The second-order valence-corrected chi connectivity index (χ2v) is 7.78. The van der Waals surface area contributed by atoms with Gasteiger partial charge in [-0.15, -0.1) is 11.8 Å². The standard InChI is InChI=1S/C20H24N2O3S/c1-14(2)10-11-26-19-9-8-17(12-18(19)22(24)25)20(23)21-13-16-6-4-15(3)5-7-16/h4-9,12,14H,10-11,13H2,1-3H3,(H,21,23). The van der Waals surface area contributed by atoms with Crippen molar-refractivity contribution < 1.29 is 9.72 Å². The van der Waals surface area contributed by atoms with Gasteiger partial charge in [0.2, 0.25) is 0 Å². The predicted octanol–water partition coefficient (Wildman–Crippen LogP) is 4.97. The van der Waals surface area contributed by atoms with E-state index in [1.165, 1.54) is 17.8 Å². The van der Waals surface area contributed by atoms with Gasteiger partial charge in [-0.25, -0.2) is 0 Å². The lowest BCUT2D eigenvalue weighted by molar-refractivity contribution is -0.387. The molecular weight excluding hydrogens is 348 g/mol. The highest BCUT2D eigenvalue weighted by molar-refractivity contribution is 7.99. The number of nitrogens with one attached hydrogen (secondary N) is 1. The monoisotopic (exact) mass is 372 g/mol. The van der Waals surface area contributed by atoms with Crippen molar-refractivity contribution in [2.45, 2.75) is 38.6 Å². The lowest BCUT2D eigenvalue weighted by atomic mass is 10.1. The van der Waals surface area contributed by atoms with Gasteiger partial charge in [0.15, 0.2) is 0 Å². The van der Waals surface area contributed by atoms with Crippen molar-refractivity contribution in [3.05, 3.63) is 69.3 Å². The molecule has 2 aromatic rings. The van der Waals surface area contributed by atoms with Gasteiger partial charge in [-0.05, 0) is 42.7 Å². The molecule has 0 atom stereocenters. The number of thioether (sulfide) groups is 1. The fourth-order valence-corrected chi connectivity index (χ4v) is 3.57. The molecule has 0 radical (unpaired) electrons. The SMILES string of the molecule is Cc1ccc(CNC(=O)c2ccc(SCCC(C)C)c([N+](=O)[O-])c2)cc1. The molecule has 0 saturated carbocycles. The molecule has 0 spiro atoms. The van der Waals surface area contributed by atoms with E-state index < -0.39 is 4.92 Å². The van der Waals surface area contributed by atoms with Crippen LogP contribution in [-0.4, -0.2) is 16.6 Å². The summed E-state index contributed by atoms with van der Waals surface area (Å²) in [4.78, 5) is 23.9. The zero-order valence-electron chi connectivity index (χ0n) is 15.3. The summed E-state index contributed by atoms with van der Waals surface area (Å²) in [7, 11) is 0. The van der Waals surface area contributed by atoms with Crippen molar-refractivity contribution in [3.63, 3.8) is 0 Å². The molecule has 0 fully saturated rings. The Bertz CT molecular complexity index is 773. The second kappa shape index (κ2) is 9.38. The molecule has 138 valence electrons. The lowest BCUT2D eigenvalue weighted by Gasteiger charge is -2.08. The third-order valence-corrected chi connectivity index (χ3v) is 5.04. The Morgan fingerprint density at radius 2 is 1.88 bits per heavy atom. The Morgan fingerprint density at radius 1 is 1.19 bits per heavy atom. The van der Waals surface area contributed by atoms with Crippen LogP contribution >= 0.6 is 11.8 Å². The zero-order valence-corrected chi connectivity index (χ0v) is 16.1. The van der Waals surface area contributed by atoms with E-state index in [1.807, 2.05) is 31.2 Å². The van der Waals surface area contributed by atoms with E-state index in [-0.39, 0.29) is 11.6 Å². The number of aryl methyl sites for hydroxylation is 1. The molecular formula is C20H24N2O3S. The van der Waals surface area contributed by atoms with Gasteiger partial charge in [0, 0.05) is 18.2 Å². The van der Waals surface area contributed by atoms with E-state index in [9.17, 15) is 14.9 Å². The van der Waals surface area contributed by atoms with Crippen LogP contribution in [0.2, 0.25) is 0 Å². The number of carbonyl (C=O) groups is 1. The van der Waals surface area contributed by atoms with Crippen molar-refractivity contribution in [2.24, 2.45) is 5.92 Å². The molecule has 0 heterocycles. The third-order valence-electron chi connectivity index (χ3n) is 3.94. The molecule has 26 heavy (non-hydrogen) atoms. The Balaban J connectivity index is 2.05. The summed E-state index contributed by atoms with van der Waals surface area (Å²) >= 11 is 1.46. The molecule has 2 aromatic carbocycles. The van der Waals surface area contributed by atoms with E-state index in [0.717, 1.165) is 23.3 Å². The second-order valence-electron chi connectivity index (χ2n) is 6.64. The van der Waals surface area contributed by atoms with Crippen LogP contribution in [0.25, 0.3) is 0 Å². The Hall–Kier alpha value is -2.34. The summed E-state index contributed by atoms with van der Waals surface area (Å²) in [6.45, 7) is 6.63. The van der Waals surface area contributed by atoms with Gasteiger partial charge < -0.3 is 5.32 Å². The minimum atomic E-state index is -0.422. The Kier molecular flexibility index (Phi) is 7.21. The van der Waals surface area contributed by atoms with Crippen LogP contribution < -0.4 is 5.32 Å². The number of nitro groups is 1. The number of nitrogens with zero attached hydrogens (tertiary/aromatic N) is 1. The molecule has 5 nitrogen and oxygen atoms in total. The van der Waals surface area contributed by atoms with Gasteiger partial charge in [-0.1, -0.05) is 43.7 Å². The Morgan fingerprint density at radius 3 is 2.50 bits per heavy atom. The molecule has 1 amide bonds. The summed E-state index contributed by atoms with van der Waals surface area (Å²) in [5.41, 5.74) is 2.43. The van der Waals surface area contributed by atoms with Gasteiger partial charge in [-0.3, -0.25) is 14.9 Å². The summed E-state index contributed by atoms with van der Waals surface area (Å²) in [5, 5.41) is 14.2. The van der Waals surface area contributed by atoms with E-state index in [0.29, 0.717) is 22.9 Å². The van der Waals surface area contributed by atoms with Crippen LogP contribution in [0.3, 0.4) is 0 Å². The van der Waals surface area contributed by atoms with Gasteiger partial charge in [0.25, 0.3) is 11.6 Å². The van der Waals surface area contributed by atoms with E-state index >= 15 is 0 Å². The van der Waals surface area contributed by atoms with E-state index in [4.69, 9.17) is 0 Å². The van der Waals surface area contributed by atoms with Crippen molar-refractivity contribution in [1.82, 2.24) is 5.32 Å². The van der Waals surface area contributed by atoms with Gasteiger partial charge >= 0.3 is 0 Å². The predicted molar refractivity (Wildman–Crippen MR) is 106 cm³/mol. The van der Waals surface area contributed by atoms with Gasteiger partial charge in [-0.2, -0.15) is 0 Å². The third kappa shape index (κ3) is 5.88. The maximum atomic E-state index is 12.3. The highest BCUT2D eigenvalue weighted by Crippen LogP contribution is 2.31. The van der Waals surface area contributed by atoms with Crippen LogP contribution in [0.15, 0.2) is 47.4 Å². The number of rotatable bonds is 8. The summed E-state index contributed by atoms with van der Waals surface area (Å²) in [6.07, 6.45) is 0.987. The smallest absolute Gasteiger partial charge is 0.283 e. The van der Waals surface area contributed by atoms with Crippen molar-refractivity contribution in [3.8, 4) is 0 Å². The maximum Gasteiger partial charge on any atom is 0.283 e. The van der Waals surface area contributed by atoms with Crippen LogP contribution in [0.1, 0.15) is 41.8 Å². The molecule has 1 N–H and O–H groups in total. The molecule has 6 heteroatoms. The topological polar surface area (TPSA) is 72.2 Å². The molecule has 0 aromatic heterocycles. The fraction of sp³-hybridized carbons (Fsp3) is 0.350. The highest BCUT2D eigenvalue weighted by Gasteiger charge is 2.18. The summed E-state index contributed by atoms with van der Waals surface area (Å²) in [6, 6.07) is 12.5. The first-order valence-corrected chi connectivity index (χ1v) is 9.60. The van der Waals surface area contributed by atoms with Crippen molar-refractivity contribution in [2.75, 3.05) is 5.75 Å². The van der Waals surface area contributed by atoms with Crippen LogP contribution in [0.5, 0.6) is 0 Å². The van der Waals surface area contributed by atoms with Crippen molar-refractivity contribution >= 4 is 23.4 Å². The number of carbonyl (C=O) groups excluding carboxylic acids is 1. The summed E-state index contributed by atoms with van der Waals surface area (Å²) < 4.78 is 0. The van der Waals surface area contributed by atoms with Crippen LogP contribution in [-0.2, 0) is 6.54 Å². The first kappa shape index (κ1) is 20.0. The largest absolute Gasteiger partial charge is 0.348 e. The molecule has 0 unspecified atom stereocenters. The lowest BCUT2D eigenvalue weighted by Crippen LogP contribution is -2.22. The van der Waals surface area contributed by atoms with Gasteiger partial charge in [0.05, 0.1) is 9.82 Å².